The Balaban J connectivity index is 1.35. The number of aromatic nitrogens is 3. The number of aryl methyl sites for hydroxylation is 1. The highest BCUT2D eigenvalue weighted by molar-refractivity contribution is 5.92. The fourth-order valence-corrected chi connectivity index (χ4v) is 3.38. The quantitative estimate of drug-likeness (QED) is 0.771. The van der Waals surface area contributed by atoms with Crippen LogP contribution < -0.4 is 5.32 Å². The van der Waals surface area contributed by atoms with Crippen LogP contribution in [-0.4, -0.2) is 44.9 Å². The van der Waals surface area contributed by atoms with Crippen molar-refractivity contribution in [2.24, 2.45) is 7.05 Å². The number of rotatable bonds is 4. The molecule has 3 aromatic rings. The van der Waals surface area contributed by atoms with Gasteiger partial charge in [-0.15, -0.1) is 0 Å². The molecule has 7 nitrogen and oxygen atoms in total. The molecule has 1 atom stereocenters. The standard InChI is InChI=1S/C20H23N5O2/c1-24-19-10-17(7-6-16(19)12-22-24)23-20(26)25-9-3-5-18(13-25)27-14-15-4-2-8-21-11-15/h2,4,6-8,10-12,18H,3,5,9,13-14H2,1H3,(H,23,26)/t18-/m0/s1. The third-order valence-electron chi connectivity index (χ3n) is 4.87. The van der Waals surface area contributed by atoms with Crippen molar-refractivity contribution >= 4 is 22.6 Å². The summed E-state index contributed by atoms with van der Waals surface area (Å²) in [7, 11) is 1.89. The van der Waals surface area contributed by atoms with Gasteiger partial charge in [-0.05, 0) is 42.7 Å². The first kappa shape index (κ1) is 17.5. The summed E-state index contributed by atoms with van der Waals surface area (Å²) in [6.07, 6.45) is 7.32. The van der Waals surface area contributed by atoms with Gasteiger partial charge in [0.1, 0.15) is 0 Å². The number of benzene rings is 1. The summed E-state index contributed by atoms with van der Waals surface area (Å²) in [6.45, 7) is 1.86. The van der Waals surface area contributed by atoms with Gasteiger partial charge in [-0.25, -0.2) is 4.79 Å². The molecule has 1 aromatic carbocycles. The molecule has 3 heterocycles. The van der Waals surface area contributed by atoms with Gasteiger partial charge in [-0.3, -0.25) is 9.67 Å². The molecule has 0 spiro atoms. The number of urea groups is 1. The Kier molecular flexibility index (Phi) is 5.02. The SMILES string of the molecule is Cn1ncc2ccc(NC(=O)N3CCC[C@H](OCc4cccnc4)C3)cc21. The maximum Gasteiger partial charge on any atom is 0.321 e. The van der Waals surface area contributed by atoms with Gasteiger partial charge in [-0.1, -0.05) is 6.07 Å². The third kappa shape index (κ3) is 4.09. The van der Waals surface area contributed by atoms with Gasteiger partial charge in [0.15, 0.2) is 0 Å². The monoisotopic (exact) mass is 365 g/mol. The minimum Gasteiger partial charge on any atom is -0.372 e. The zero-order chi connectivity index (χ0) is 18.6. The Morgan fingerprint density at radius 2 is 2.26 bits per heavy atom. The number of fused-ring (bicyclic) bond motifs is 1. The van der Waals surface area contributed by atoms with Crippen LogP contribution in [0.15, 0.2) is 48.9 Å². The molecule has 1 N–H and O–H groups in total. The van der Waals surface area contributed by atoms with E-state index in [0.717, 1.165) is 41.5 Å². The average Bonchev–Trinajstić information content (AvgIpc) is 3.08. The van der Waals surface area contributed by atoms with Crippen LogP contribution in [0.2, 0.25) is 0 Å². The number of hydrogen-bond acceptors (Lipinski definition) is 4. The third-order valence-corrected chi connectivity index (χ3v) is 4.87. The first-order valence-electron chi connectivity index (χ1n) is 9.17. The number of likely N-dealkylation sites (tertiary alicyclic amines) is 1. The van der Waals surface area contributed by atoms with Gasteiger partial charge in [0.05, 0.1) is 24.4 Å². The van der Waals surface area contributed by atoms with E-state index in [1.54, 1.807) is 10.9 Å². The Morgan fingerprint density at radius 1 is 1.33 bits per heavy atom. The second-order valence-corrected chi connectivity index (χ2v) is 6.85. The molecule has 2 aromatic heterocycles. The maximum atomic E-state index is 12.7. The van der Waals surface area contributed by atoms with Crippen molar-refractivity contribution in [1.82, 2.24) is 19.7 Å². The Hall–Kier alpha value is -2.93. The lowest BCUT2D eigenvalue weighted by molar-refractivity contribution is 0.000916. The van der Waals surface area contributed by atoms with Crippen molar-refractivity contribution in [2.45, 2.75) is 25.6 Å². The molecule has 1 aliphatic heterocycles. The number of amides is 2. The summed E-state index contributed by atoms with van der Waals surface area (Å²) in [4.78, 5) is 18.6. The van der Waals surface area contributed by atoms with Crippen molar-refractivity contribution < 1.29 is 9.53 Å². The van der Waals surface area contributed by atoms with E-state index in [1.807, 2.05) is 54.7 Å². The number of carbonyl (C=O) groups excluding carboxylic acids is 1. The van der Waals surface area contributed by atoms with E-state index in [0.29, 0.717) is 13.2 Å². The Bertz CT molecular complexity index is 925. The predicted molar refractivity (Wildman–Crippen MR) is 103 cm³/mol. The normalized spacial score (nSPS) is 17.2. The van der Waals surface area contributed by atoms with E-state index in [2.05, 4.69) is 15.4 Å². The molecule has 27 heavy (non-hydrogen) atoms. The van der Waals surface area contributed by atoms with Crippen molar-refractivity contribution in [2.75, 3.05) is 18.4 Å². The van der Waals surface area contributed by atoms with Crippen LogP contribution in [0.25, 0.3) is 10.9 Å². The molecule has 7 heteroatoms. The minimum atomic E-state index is -0.0915. The van der Waals surface area contributed by atoms with Crippen LogP contribution >= 0.6 is 0 Å². The molecule has 1 saturated heterocycles. The summed E-state index contributed by atoms with van der Waals surface area (Å²) in [5.74, 6) is 0. The molecule has 1 fully saturated rings. The van der Waals surface area contributed by atoms with Crippen LogP contribution in [0.4, 0.5) is 10.5 Å². The lowest BCUT2D eigenvalue weighted by atomic mass is 10.1. The summed E-state index contributed by atoms with van der Waals surface area (Å²) in [6, 6.07) is 9.62. The largest absolute Gasteiger partial charge is 0.372 e. The fourth-order valence-electron chi connectivity index (χ4n) is 3.38. The van der Waals surface area contributed by atoms with Gasteiger partial charge in [0.25, 0.3) is 0 Å². The number of nitrogens with one attached hydrogen (secondary N) is 1. The summed E-state index contributed by atoms with van der Waals surface area (Å²) in [5.41, 5.74) is 2.81. The molecule has 2 amide bonds. The van der Waals surface area contributed by atoms with E-state index in [4.69, 9.17) is 4.74 Å². The number of nitrogens with zero attached hydrogens (tertiary/aromatic N) is 4. The maximum absolute atomic E-state index is 12.7. The summed E-state index contributed by atoms with van der Waals surface area (Å²) >= 11 is 0. The molecular formula is C20H23N5O2. The number of pyridine rings is 1. The molecule has 1 aliphatic rings. The minimum absolute atomic E-state index is 0.0456. The number of piperidine rings is 1. The fraction of sp³-hybridized carbons (Fsp3) is 0.350. The molecule has 0 radical (unpaired) electrons. The highest BCUT2D eigenvalue weighted by atomic mass is 16.5. The van der Waals surface area contributed by atoms with Crippen LogP contribution in [0, 0.1) is 0 Å². The van der Waals surface area contributed by atoms with E-state index >= 15 is 0 Å². The molecular weight excluding hydrogens is 342 g/mol. The van der Waals surface area contributed by atoms with E-state index in [9.17, 15) is 4.79 Å². The first-order chi connectivity index (χ1) is 13.2. The number of ether oxygens (including phenoxy) is 1. The van der Waals surface area contributed by atoms with Crippen molar-refractivity contribution in [3.63, 3.8) is 0 Å². The highest BCUT2D eigenvalue weighted by Crippen LogP contribution is 2.20. The van der Waals surface area contributed by atoms with Gasteiger partial charge in [0.2, 0.25) is 0 Å². The summed E-state index contributed by atoms with van der Waals surface area (Å²) < 4.78 is 7.79. The number of anilines is 1. The van der Waals surface area contributed by atoms with E-state index in [-0.39, 0.29) is 12.1 Å². The number of carbonyl (C=O) groups is 1. The Morgan fingerprint density at radius 3 is 3.11 bits per heavy atom. The van der Waals surface area contributed by atoms with Gasteiger partial charge in [-0.2, -0.15) is 5.10 Å². The highest BCUT2D eigenvalue weighted by Gasteiger charge is 2.24. The molecule has 0 unspecified atom stereocenters. The molecule has 0 aliphatic carbocycles. The van der Waals surface area contributed by atoms with Crippen molar-refractivity contribution in [3.05, 3.63) is 54.5 Å². The smallest absolute Gasteiger partial charge is 0.321 e. The van der Waals surface area contributed by atoms with Crippen LogP contribution in [0.5, 0.6) is 0 Å². The molecule has 4 rings (SSSR count). The zero-order valence-corrected chi connectivity index (χ0v) is 15.3. The van der Waals surface area contributed by atoms with Crippen molar-refractivity contribution in [3.8, 4) is 0 Å². The van der Waals surface area contributed by atoms with Gasteiger partial charge in [0, 0.05) is 43.6 Å². The average molecular weight is 365 g/mol. The molecule has 0 saturated carbocycles. The first-order valence-corrected chi connectivity index (χ1v) is 9.17. The lowest BCUT2D eigenvalue weighted by Crippen LogP contribution is -2.45. The summed E-state index contributed by atoms with van der Waals surface area (Å²) in [5, 5.41) is 8.28. The second kappa shape index (κ2) is 7.75. The lowest BCUT2D eigenvalue weighted by Gasteiger charge is -2.32. The van der Waals surface area contributed by atoms with E-state index < -0.39 is 0 Å². The van der Waals surface area contributed by atoms with Crippen LogP contribution in [-0.2, 0) is 18.4 Å². The van der Waals surface area contributed by atoms with E-state index in [1.165, 1.54) is 0 Å². The van der Waals surface area contributed by atoms with Crippen molar-refractivity contribution in [1.29, 1.82) is 0 Å². The van der Waals surface area contributed by atoms with Crippen LogP contribution in [0.1, 0.15) is 18.4 Å². The topological polar surface area (TPSA) is 72.3 Å². The second-order valence-electron chi connectivity index (χ2n) is 6.85. The van der Waals surface area contributed by atoms with Crippen LogP contribution in [0.3, 0.4) is 0 Å². The number of hydrogen-bond donors (Lipinski definition) is 1. The molecule has 0 bridgehead atoms. The zero-order valence-electron chi connectivity index (χ0n) is 15.3. The Labute approximate surface area is 157 Å². The predicted octanol–water partition coefficient (Wildman–Crippen LogP) is 3.18. The molecule has 140 valence electrons. The van der Waals surface area contributed by atoms with Gasteiger partial charge >= 0.3 is 6.03 Å². The van der Waals surface area contributed by atoms with Gasteiger partial charge < -0.3 is 15.0 Å².